The predicted octanol–water partition coefficient (Wildman–Crippen LogP) is 3.12. The summed E-state index contributed by atoms with van der Waals surface area (Å²) in [6.45, 7) is 4.06. The van der Waals surface area contributed by atoms with Crippen molar-refractivity contribution in [1.82, 2.24) is 15.2 Å². The number of fused-ring (bicyclic) bond motifs is 1. The van der Waals surface area contributed by atoms with Crippen molar-refractivity contribution in [2.45, 2.75) is 39.2 Å². The highest BCUT2D eigenvalue weighted by molar-refractivity contribution is 7.09. The van der Waals surface area contributed by atoms with Crippen LogP contribution in [-0.4, -0.2) is 40.2 Å². The molecule has 2 aromatic rings. The average molecular weight is 424 g/mol. The number of nitrogens with one attached hydrogen (secondary N) is 1. The Labute approximate surface area is 180 Å². The van der Waals surface area contributed by atoms with Crippen molar-refractivity contribution in [3.8, 4) is 11.3 Å². The molecule has 1 aliphatic heterocycles. The van der Waals surface area contributed by atoms with Gasteiger partial charge in [0.1, 0.15) is 6.04 Å². The second-order valence-electron chi connectivity index (χ2n) is 7.87. The monoisotopic (exact) mass is 423 g/mol. The van der Waals surface area contributed by atoms with E-state index >= 15 is 0 Å². The Morgan fingerprint density at radius 2 is 1.80 bits per heavy atom. The number of nitrogens with zero attached hydrogens (tertiary/aromatic N) is 2. The van der Waals surface area contributed by atoms with E-state index in [4.69, 9.17) is 0 Å². The van der Waals surface area contributed by atoms with Crippen LogP contribution in [0.5, 0.6) is 0 Å². The van der Waals surface area contributed by atoms with Crippen LogP contribution in [-0.2, 0) is 20.8 Å². The lowest BCUT2D eigenvalue weighted by Crippen LogP contribution is -2.48. The lowest BCUT2D eigenvalue weighted by molar-refractivity contribution is -0.147. The van der Waals surface area contributed by atoms with Crippen LogP contribution in [0.2, 0.25) is 0 Å². The molecule has 1 aromatic heterocycles. The fraction of sp³-hybridized carbons (Fsp3) is 0.391. The van der Waals surface area contributed by atoms with Crippen molar-refractivity contribution in [3.63, 3.8) is 0 Å². The predicted molar refractivity (Wildman–Crippen MR) is 116 cm³/mol. The van der Waals surface area contributed by atoms with Gasteiger partial charge in [-0.1, -0.05) is 36.4 Å². The normalized spacial score (nSPS) is 21.6. The standard InChI is InChI=1S/C23H25N3O3S/c1-14(26-22(28)18-5-3-4-6-19(18)23(26)29)21(27)24-12-11-16-7-9-17(10-8-16)20-13-30-15(2)25-20/h3-4,7-10,13-14,18-19H,5-6,11-12H2,1-2H3,(H,24,27)/t14-,18-,19+/m0/s1. The van der Waals surface area contributed by atoms with Crippen molar-refractivity contribution in [3.05, 3.63) is 52.4 Å². The molecule has 156 valence electrons. The van der Waals surface area contributed by atoms with Gasteiger partial charge in [0.05, 0.1) is 22.5 Å². The SMILES string of the molecule is Cc1nc(-c2ccc(CCNC(=O)[C@H](C)N3C(=O)[C@H]4CC=CC[C@H]4C3=O)cc2)cs1. The molecule has 3 amide bonds. The number of hydrogen-bond acceptors (Lipinski definition) is 5. The molecule has 6 nitrogen and oxygen atoms in total. The minimum Gasteiger partial charge on any atom is -0.354 e. The van der Waals surface area contributed by atoms with E-state index in [1.165, 1.54) is 4.90 Å². The van der Waals surface area contributed by atoms with Crippen LogP contribution in [0.1, 0.15) is 30.3 Å². The van der Waals surface area contributed by atoms with Crippen molar-refractivity contribution >= 4 is 29.1 Å². The zero-order chi connectivity index (χ0) is 21.3. The summed E-state index contributed by atoms with van der Waals surface area (Å²) in [5.41, 5.74) is 3.15. The van der Waals surface area contributed by atoms with Gasteiger partial charge in [-0.05, 0) is 38.7 Å². The first-order chi connectivity index (χ1) is 14.5. The van der Waals surface area contributed by atoms with Gasteiger partial charge in [0.2, 0.25) is 17.7 Å². The Balaban J connectivity index is 1.30. The zero-order valence-corrected chi connectivity index (χ0v) is 17.9. The van der Waals surface area contributed by atoms with Gasteiger partial charge in [-0.25, -0.2) is 4.98 Å². The zero-order valence-electron chi connectivity index (χ0n) is 17.1. The number of aryl methyl sites for hydroxylation is 1. The highest BCUT2D eigenvalue weighted by Gasteiger charge is 2.49. The molecule has 0 radical (unpaired) electrons. The maximum atomic E-state index is 12.6. The third kappa shape index (κ3) is 3.94. The number of allylic oxidation sites excluding steroid dienone is 2. The summed E-state index contributed by atoms with van der Waals surface area (Å²) in [6, 6.07) is 7.35. The molecular formula is C23H25N3O3S. The van der Waals surface area contributed by atoms with Crippen molar-refractivity contribution in [2.75, 3.05) is 6.54 Å². The molecule has 0 bridgehead atoms. The van der Waals surface area contributed by atoms with Crippen LogP contribution in [0.4, 0.5) is 0 Å². The van der Waals surface area contributed by atoms with E-state index in [0.717, 1.165) is 21.8 Å². The maximum Gasteiger partial charge on any atom is 0.243 e. The Morgan fingerprint density at radius 1 is 1.17 bits per heavy atom. The van der Waals surface area contributed by atoms with Crippen LogP contribution in [0.15, 0.2) is 41.8 Å². The molecule has 1 saturated heterocycles. The summed E-state index contributed by atoms with van der Waals surface area (Å²) in [5.74, 6) is -1.34. The molecule has 2 aliphatic rings. The minimum atomic E-state index is -0.786. The fourth-order valence-electron chi connectivity index (χ4n) is 4.14. The average Bonchev–Trinajstić information content (AvgIpc) is 3.30. The molecule has 0 unspecified atom stereocenters. The van der Waals surface area contributed by atoms with Crippen LogP contribution in [0.3, 0.4) is 0 Å². The lowest BCUT2D eigenvalue weighted by atomic mass is 9.85. The summed E-state index contributed by atoms with van der Waals surface area (Å²) < 4.78 is 0. The molecule has 1 fully saturated rings. The Morgan fingerprint density at radius 3 is 2.37 bits per heavy atom. The number of carbonyl (C=O) groups is 3. The number of hydrogen-bond donors (Lipinski definition) is 1. The van der Waals surface area contributed by atoms with E-state index in [1.54, 1.807) is 18.3 Å². The summed E-state index contributed by atoms with van der Waals surface area (Å²) in [6.07, 6.45) is 5.72. The number of thiazole rings is 1. The largest absolute Gasteiger partial charge is 0.354 e. The lowest BCUT2D eigenvalue weighted by Gasteiger charge is -2.22. The smallest absolute Gasteiger partial charge is 0.243 e. The number of aromatic nitrogens is 1. The second-order valence-corrected chi connectivity index (χ2v) is 8.93. The van der Waals surface area contributed by atoms with Crippen molar-refractivity contribution in [1.29, 1.82) is 0 Å². The van der Waals surface area contributed by atoms with E-state index < -0.39 is 6.04 Å². The molecular weight excluding hydrogens is 398 g/mol. The van der Waals surface area contributed by atoms with Gasteiger partial charge in [-0.2, -0.15) is 0 Å². The summed E-state index contributed by atoms with van der Waals surface area (Å²) in [7, 11) is 0. The maximum absolute atomic E-state index is 12.6. The first kappa shape index (κ1) is 20.5. The Kier molecular flexibility index (Phi) is 5.81. The number of benzene rings is 1. The third-order valence-electron chi connectivity index (χ3n) is 5.89. The quantitative estimate of drug-likeness (QED) is 0.572. The molecule has 4 rings (SSSR count). The fourth-order valence-corrected chi connectivity index (χ4v) is 4.76. The first-order valence-electron chi connectivity index (χ1n) is 10.3. The van der Waals surface area contributed by atoms with Crippen molar-refractivity contribution < 1.29 is 14.4 Å². The third-order valence-corrected chi connectivity index (χ3v) is 6.66. The number of carbonyl (C=O) groups excluding carboxylic acids is 3. The molecule has 1 aromatic carbocycles. The van der Waals surface area contributed by atoms with Gasteiger partial charge in [0, 0.05) is 17.5 Å². The van der Waals surface area contributed by atoms with E-state index in [1.807, 2.05) is 48.7 Å². The molecule has 1 aliphatic carbocycles. The van der Waals surface area contributed by atoms with E-state index in [0.29, 0.717) is 25.8 Å². The number of amides is 3. The van der Waals surface area contributed by atoms with Crippen LogP contribution < -0.4 is 5.32 Å². The highest BCUT2D eigenvalue weighted by atomic mass is 32.1. The van der Waals surface area contributed by atoms with Crippen LogP contribution >= 0.6 is 11.3 Å². The molecule has 1 N–H and O–H groups in total. The minimum absolute atomic E-state index is 0.218. The molecule has 3 atom stereocenters. The Bertz CT molecular complexity index is 969. The summed E-state index contributed by atoms with van der Waals surface area (Å²) >= 11 is 1.63. The van der Waals surface area contributed by atoms with Crippen LogP contribution in [0.25, 0.3) is 11.3 Å². The summed E-state index contributed by atoms with van der Waals surface area (Å²) in [4.78, 5) is 43.5. The highest BCUT2D eigenvalue weighted by Crippen LogP contribution is 2.36. The molecule has 0 saturated carbocycles. The second kappa shape index (κ2) is 8.52. The molecule has 2 heterocycles. The van der Waals surface area contributed by atoms with Crippen molar-refractivity contribution in [2.24, 2.45) is 11.8 Å². The first-order valence-corrected chi connectivity index (χ1v) is 11.1. The van der Waals surface area contributed by atoms with Crippen LogP contribution in [0, 0.1) is 18.8 Å². The molecule has 30 heavy (non-hydrogen) atoms. The molecule has 0 spiro atoms. The van der Waals surface area contributed by atoms with Gasteiger partial charge in [0.15, 0.2) is 0 Å². The topological polar surface area (TPSA) is 79.4 Å². The summed E-state index contributed by atoms with van der Waals surface area (Å²) in [5, 5.41) is 5.95. The van der Waals surface area contributed by atoms with E-state index in [-0.39, 0.29) is 29.6 Å². The van der Waals surface area contributed by atoms with Gasteiger partial charge < -0.3 is 5.32 Å². The van der Waals surface area contributed by atoms with Gasteiger partial charge >= 0.3 is 0 Å². The van der Waals surface area contributed by atoms with Gasteiger partial charge in [-0.15, -0.1) is 11.3 Å². The van der Waals surface area contributed by atoms with Gasteiger partial charge in [0.25, 0.3) is 0 Å². The Hall–Kier alpha value is -2.80. The number of imide groups is 1. The van der Waals surface area contributed by atoms with Gasteiger partial charge in [-0.3, -0.25) is 19.3 Å². The number of likely N-dealkylation sites (tertiary alicyclic amines) is 1. The van der Waals surface area contributed by atoms with E-state index in [9.17, 15) is 14.4 Å². The molecule has 7 heteroatoms. The van der Waals surface area contributed by atoms with E-state index in [2.05, 4.69) is 10.3 Å². The number of rotatable bonds is 6.